The van der Waals surface area contributed by atoms with Gasteiger partial charge in [-0.15, -0.1) is 0 Å². The number of hydrogen-bond donors (Lipinski definition) is 0. The smallest absolute Gasteiger partial charge is 0.226 e. The van der Waals surface area contributed by atoms with Gasteiger partial charge in [0, 0.05) is 17.5 Å². The second kappa shape index (κ2) is 7.23. The minimum absolute atomic E-state index is 0.00485. The fraction of sp³-hybridized carbons (Fsp3) is 0.286. The first kappa shape index (κ1) is 16.8. The van der Waals surface area contributed by atoms with Crippen molar-refractivity contribution in [1.82, 2.24) is 4.90 Å². The maximum absolute atomic E-state index is 12.9. The van der Waals surface area contributed by atoms with Gasteiger partial charge in [-0.3, -0.25) is 4.79 Å². The van der Waals surface area contributed by atoms with Gasteiger partial charge in [0.1, 0.15) is 0 Å². The molecule has 0 saturated carbocycles. The Hall–Kier alpha value is -2.06. The summed E-state index contributed by atoms with van der Waals surface area (Å²) in [6.45, 7) is 6.75. The van der Waals surface area contributed by atoms with E-state index in [1.807, 2.05) is 47.4 Å². The zero-order valence-corrected chi connectivity index (χ0v) is 14.7. The van der Waals surface area contributed by atoms with E-state index < -0.39 is 0 Å². The summed E-state index contributed by atoms with van der Waals surface area (Å²) in [5.41, 5.74) is 3.22. The van der Waals surface area contributed by atoms with E-state index in [9.17, 15) is 4.79 Å². The molecule has 0 aliphatic carbocycles. The molecule has 1 aliphatic rings. The molecule has 1 amide bonds. The van der Waals surface area contributed by atoms with Crippen molar-refractivity contribution in [2.45, 2.75) is 25.8 Å². The van der Waals surface area contributed by atoms with Gasteiger partial charge in [0.05, 0.1) is 6.04 Å². The minimum Gasteiger partial charge on any atom is -0.336 e. The number of rotatable bonds is 5. The quantitative estimate of drug-likeness (QED) is 0.739. The van der Waals surface area contributed by atoms with Gasteiger partial charge in [-0.2, -0.15) is 0 Å². The van der Waals surface area contributed by atoms with E-state index in [2.05, 4.69) is 25.6 Å². The molecule has 2 nitrogen and oxygen atoms in total. The predicted molar refractivity (Wildman–Crippen MR) is 99.9 cm³/mol. The lowest BCUT2D eigenvalue weighted by Gasteiger charge is -2.25. The summed E-state index contributed by atoms with van der Waals surface area (Å²) in [6, 6.07) is 16.1. The standard InChI is InChI=1S/C21H22ClNO/c1-3-16-10-7-11-20(22)19(16)14-18-12-13-23(21(18)24)15(2)17-8-5-4-6-9-17/h3-11,15,18H,1,12-14H2,2H3/t15-,18+/m0/s1. The minimum atomic E-state index is -0.00485. The molecule has 2 aromatic carbocycles. The molecule has 2 aromatic rings. The third-order valence-electron chi connectivity index (χ3n) is 4.93. The van der Waals surface area contributed by atoms with Gasteiger partial charge in [-0.25, -0.2) is 0 Å². The van der Waals surface area contributed by atoms with E-state index in [1.54, 1.807) is 0 Å². The summed E-state index contributed by atoms with van der Waals surface area (Å²) < 4.78 is 0. The molecule has 0 unspecified atom stereocenters. The lowest BCUT2D eigenvalue weighted by Crippen LogP contribution is -2.30. The van der Waals surface area contributed by atoms with E-state index in [0.717, 1.165) is 29.1 Å². The third-order valence-corrected chi connectivity index (χ3v) is 5.28. The van der Waals surface area contributed by atoms with Crippen LogP contribution in [-0.2, 0) is 11.2 Å². The average molecular weight is 340 g/mol. The Morgan fingerprint density at radius 1 is 1.25 bits per heavy atom. The van der Waals surface area contributed by atoms with Crippen LogP contribution in [0.1, 0.15) is 36.1 Å². The summed E-state index contributed by atoms with van der Waals surface area (Å²) in [5.74, 6) is 0.219. The molecule has 0 spiro atoms. The fourth-order valence-corrected chi connectivity index (χ4v) is 3.74. The number of amides is 1. The predicted octanol–water partition coefficient (Wildman–Crippen LogP) is 5.14. The summed E-state index contributed by atoms with van der Waals surface area (Å²) in [5, 5.41) is 0.717. The highest BCUT2D eigenvalue weighted by Gasteiger charge is 2.35. The molecule has 124 valence electrons. The van der Waals surface area contributed by atoms with Crippen molar-refractivity contribution in [3.05, 3.63) is 76.8 Å². The molecule has 1 aliphatic heterocycles. The molecule has 1 fully saturated rings. The molecule has 0 N–H and O–H groups in total. The number of hydrogen-bond acceptors (Lipinski definition) is 1. The van der Waals surface area contributed by atoms with Crippen molar-refractivity contribution < 1.29 is 4.79 Å². The molecular weight excluding hydrogens is 318 g/mol. The van der Waals surface area contributed by atoms with Crippen molar-refractivity contribution in [1.29, 1.82) is 0 Å². The van der Waals surface area contributed by atoms with Crippen molar-refractivity contribution in [2.24, 2.45) is 5.92 Å². The van der Waals surface area contributed by atoms with Crippen LogP contribution in [0.5, 0.6) is 0 Å². The molecule has 1 heterocycles. The number of halogens is 1. The van der Waals surface area contributed by atoms with Crippen LogP contribution in [0.2, 0.25) is 5.02 Å². The van der Waals surface area contributed by atoms with Crippen LogP contribution in [0.25, 0.3) is 6.08 Å². The largest absolute Gasteiger partial charge is 0.336 e. The highest BCUT2D eigenvalue weighted by Crippen LogP contribution is 2.32. The highest BCUT2D eigenvalue weighted by atomic mass is 35.5. The molecule has 0 bridgehead atoms. The SMILES string of the molecule is C=Cc1cccc(Cl)c1C[C@H]1CCN([C@@H](C)c2ccccc2)C1=O. The van der Waals surface area contributed by atoms with Crippen molar-refractivity contribution in [3.8, 4) is 0 Å². The van der Waals surface area contributed by atoms with E-state index in [4.69, 9.17) is 11.6 Å². The zero-order valence-electron chi connectivity index (χ0n) is 13.9. The van der Waals surface area contributed by atoms with Crippen LogP contribution in [0.4, 0.5) is 0 Å². The van der Waals surface area contributed by atoms with Gasteiger partial charge in [0.2, 0.25) is 5.91 Å². The monoisotopic (exact) mass is 339 g/mol. The fourth-order valence-electron chi connectivity index (χ4n) is 3.48. The Balaban J connectivity index is 1.77. The topological polar surface area (TPSA) is 20.3 Å². The summed E-state index contributed by atoms with van der Waals surface area (Å²) in [7, 11) is 0. The van der Waals surface area contributed by atoms with Crippen molar-refractivity contribution >= 4 is 23.6 Å². The Bertz CT molecular complexity index is 741. The van der Waals surface area contributed by atoms with Crippen LogP contribution in [-0.4, -0.2) is 17.4 Å². The molecule has 2 atom stereocenters. The Kier molecular flexibility index (Phi) is 5.06. The van der Waals surface area contributed by atoms with Gasteiger partial charge in [-0.1, -0.05) is 66.7 Å². The first-order valence-corrected chi connectivity index (χ1v) is 8.75. The van der Waals surface area contributed by atoms with Crippen LogP contribution in [0.15, 0.2) is 55.1 Å². The lowest BCUT2D eigenvalue weighted by molar-refractivity contribution is -0.132. The first-order chi connectivity index (χ1) is 11.6. The van der Waals surface area contributed by atoms with Crippen LogP contribution in [0.3, 0.4) is 0 Å². The molecule has 3 rings (SSSR count). The molecule has 1 saturated heterocycles. The molecular formula is C21H22ClNO. The molecule has 0 aromatic heterocycles. The average Bonchev–Trinajstić information content (AvgIpc) is 2.97. The van der Waals surface area contributed by atoms with Crippen molar-refractivity contribution in [2.75, 3.05) is 6.54 Å². The Labute approximate surface area is 148 Å². The number of benzene rings is 2. The van der Waals surface area contributed by atoms with Gasteiger partial charge in [0.15, 0.2) is 0 Å². The molecule has 3 heteroatoms. The Morgan fingerprint density at radius 3 is 2.71 bits per heavy atom. The second-order valence-electron chi connectivity index (χ2n) is 6.32. The molecule has 24 heavy (non-hydrogen) atoms. The number of nitrogens with zero attached hydrogens (tertiary/aromatic N) is 1. The van der Waals surface area contributed by atoms with Gasteiger partial charge < -0.3 is 4.90 Å². The van der Waals surface area contributed by atoms with E-state index in [-0.39, 0.29) is 17.9 Å². The van der Waals surface area contributed by atoms with Gasteiger partial charge >= 0.3 is 0 Å². The van der Waals surface area contributed by atoms with Crippen molar-refractivity contribution in [3.63, 3.8) is 0 Å². The number of carbonyl (C=O) groups excluding carboxylic acids is 1. The van der Waals surface area contributed by atoms with E-state index in [0.29, 0.717) is 6.42 Å². The summed E-state index contributed by atoms with van der Waals surface area (Å²) >= 11 is 6.36. The van der Waals surface area contributed by atoms with E-state index in [1.165, 1.54) is 5.56 Å². The van der Waals surface area contributed by atoms with Crippen LogP contribution >= 0.6 is 11.6 Å². The number of likely N-dealkylation sites (tertiary alicyclic amines) is 1. The highest BCUT2D eigenvalue weighted by molar-refractivity contribution is 6.31. The number of carbonyl (C=O) groups is 1. The van der Waals surface area contributed by atoms with Crippen LogP contribution < -0.4 is 0 Å². The molecule has 0 radical (unpaired) electrons. The second-order valence-corrected chi connectivity index (χ2v) is 6.73. The maximum atomic E-state index is 12.9. The maximum Gasteiger partial charge on any atom is 0.226 e. The Morgan fingerprint density at radius 2 is 2.00 bits per heavy atom. The zero-order chi connectivity index (χ0) is 17.1. The normalized spacial score (nSPS) is 18.7. The first-order valence-electron chi connectivity index (χ1n) is 8.37. The van der Waals surface area contributed by atoms with Gasteiger partial charge in [-0.05, 0) is 42.5 Å². The van der Waals surface area contributed by atoms with E-state index >= 15 is 0 Å². The van der Waals surface area contributed by atoms with Gasteiger partial charge in [0.25, 0.3) is 0 Å². The summed E-state index contributed by atoms with van der Waals surface area (Å²) in [4.78, 5) is 14.9. The lowest BCUT2D eigenvalue weighted by atomic mass is 9.94. The third kappa shape index (κ3) is 3.25. The summed E-state index contributed by atoms with van der Waals surface area (Å²) in [6.07, 6.45) is 3.36. The van der Waals surface area contributed by atoms with Crippen LogP contribution in [0, 0.1) is 5.92 Å².